The van der Waals surface area contributed by atoms with Crippen molar-refractivity contribution in [2.24, 2.45) is 5.73 Å². The Balaban J connectivity index is 1.75. The van der Waals surface area contributed by atoms with Crippen molar-refractivity contribution < 1.29 is 9.53 Å². The predicted octanol–water partition coefficient (Wildman–Crippen LogP) is 4.39. The van der Waals surface area contributed by atoms with E-state index in [9.17, 15) is 4.79 Å². The van der Waals surface area contributed by atoms with Crippen LogP contribution in [0.4, 0.5) is 0 Å². The maximum atomic E-state index is 11.9. The van der Waals surface area contributed by atoms with Gasteiger partial charge in [-0.15, -0.1) is 0 Å². The van der Waals surface area contributed by atoms with Crippen molar-refractivity contribution in [3.63, 3.8) is 0 Å². The molecule has 1 aliphatic carbocycles. The van der Waals surface area contributed by atoms with Crippen LogP contribution in [0.25, 0.3) is 5.03 Å². The molecular weight excluding hydrogens is 310 g/mol. The SMILES string of the molecule is NC(=O)/C(CC1CCC2(CCCCC2)O1)=C(/Cl)c1ccccc1. The number of ether oxygens (including phenoxy) is 1. The van der Waals surface area contributed by atoms with E-state index in [2.05, 4.69) is 0 Å². The molecule has 0 radical (unpaired) electrons. The molecule has 1 aromatic carbocycles. The molecule has 2 N–H and O–H groups in total. The fraction of sp³-hybridized carbons (Fsp3) is 0.526. The first-order chi connectivity index (χ1) is 11.1. The number of hydrogen-bond donors (Lipinski definition) is 1. The van der Waals surface area contributed by atoms with Gasteiger partial charge in [-0.3, -0.25) is 4.79 Å². The molecule has 1 spiro atoms. The Kier molecular flexibility index (Phi) is 5.08. The van der Waals surface area contributed by atoms with E-state index in [1.54, 1.807) is 0 Å². The predicted molar refractivity (Wildman–Crippen MR) is 92.9 cm³/mol. The second-order valence-corrected chi connectivity index (χ2v) is 7.13. The third-order valence-electron chi connectivity index (χ3n) is 5.12. The van der Waals surface area contributed by atoms with Crippen LogP contribution in [0.5, 0.6) is 0 Å². The van der Waals surface area contributed by atoms with Crippen molar-refractivity contribution in [1.82, 2.24) is 0 Å². The number of halogens is 1. The summed E-state index contributed by atoms with van der Waals surface area (Å²) in [7, 11) is 0. The summed E-state index contributed by atoms with van der Waals surface area (Å²) < 4.78 is 6.36. The Morgan fingerprint density at radius 3 is 2.52 bits per heavy atom. The summed E-state index contributed by atoms with van der Waals surface area (Å²) in [5.41, 5.74) is 6.94. The van der Waals surface area contributed by atoms with E-state index in [1.165, 1.54) is 19.3 Å². The minimum Gasteiger partial charge on any atom is -0.371 e. The molecule has 1 amide bonds. The first kappa shape index (κ1) is 16.5. The lowest BCUT2D eigenvalue weighted by molar-refractivity contribution is -0.115. The Morgan fingerprint density at radius 1 is 1.17 bits per heavy atom. The average molecular weight is 334 g/mol. The zero-order valence-corrected chi connectivity index (χ0v) is 14.1. The van der Waals surface area contributed by atoms with Gasteiger partial charge >= 0.3 is 0 Å². The number of carbonyl (C=O) groups is 1. The highest BCUT2D eigenvalue weighted by Gasteiger charge is 2.41. The zero-order chi connectivity index (χ0) is 16.3. The number of nitrogens with two attached hydrogens (primary N) is 1. The van der Waals surface area contributed by atoms with Crippen LogP contribution in [0.15, 0.2) is 35.9 Å². The molecule has 4 heteroatoms. The smallest absolute Gasteiger partial charge is 0.246 e. The van der Waals surface area contributed by atoms with Crippen LogP contribution in [-0.4, -0.2) is 17.6 Å². The Bertz CT molecular complexity index is 591. The second kappa shape index (κ2) is 7.06. The lowest BCUT2D eigenvalue weighted by atomic mass is 9.83. The molecule has 0 aromatic heterocycles. The monoisotopic (exact) mass is 333 g/mol. The summed E-state index contributed by atoms with van der Waals surface area (Å²) in [6.45, 7) is 0. The van der Waals surface area contributed by atoms with Gasteiger partial charge in [0.1, 0.15) is 0 Å². The van der Waals surface area contributed by atoms with Gasteiger partial charge < -0.3 is 10.5 Å². The second-order valence-electron chi connectivity index (χ2n) is 6.75. The van der Waals surface area contributed by atoms with Crippen LogP contribution >= 0.6 is 11.6 Å². The third-order valence-corrected chi connectivity index (χ3v) is 5.57. The summed E-state index contributed by atoms with van der Waals surface area (Å²) in [4.78, 5) is 11.9. The summed E-state index contributed by atoms with van der Waals surface area (Å²) in [5, 5.41) is 0.450. The molecule has 3 rings (SSSR count). The summed E-state index contributed by atoms with van der Waals surface area (Å²) in [6, 6.07) is 9.51. The maximum Gasteiger partial charge on any atom is 0.246 e. The van der Waals surface area contributed by atoms with Crippen LogP contribution in [0, 0.1) is 0 Å². The Hall–Kier alpha value is -1.32. The Labute approximate surface area is 142 Å². The van der Waals surface area contributed by atoms with Crippen molar-refractivity contribution in [3.05, 3.63) is 41.5 Å². The number of benzene rings is 1. The van der Waals surface area contributed by atoms with Crippen molar-refractivity contribution in [1.29, 1.82) is 0 Å². The van der Waals surface area contributed by atoms with Crippen LogP contribution < -0.4 is 5.73 Å². The summed E-state index contributed by atoms with van der Waals surface area (Å²) in [6.07, 6.45) is 8.71. The van der Waals surface area contributed by atoms with Gasteiger partial charge in [-0.2, -0.15) is 0 Å². The Morgan fingerprint density at radius 2 is 1.87 bits per heavy atom. The van der Waals surface area contributed by atoms with E-state index in [-0.39, 0.29) is 11.7 Å². The van der Waals surface area contributed by atoms with Crippen LogP contribution in [0.2, 0.25) is 0 Å². The topological polar surface area (TPSA) is 52.3 Å². The highest BCUT2D eigenvalue weighted by Crippen LogP contribution is 2.43. The number of primary amides is 1. The van der Waals surface area contributed by atoms with Crippen molar-refractivity contribution in [3.8, 4) is 0 Å². The van der Waals surface area contributed by atoms with E-state index >= 15 is 0 Å². The number of rotatable bonds is 4. The molecule has 3 nitrogen and oxygen atoms in total. The molecule has 124 valence electrons. The van der Waals surface area contributed by atoms with Gasteiger partial charge in [-0.05, 0) is 31.2 Å². The van der Waals surface area contributed by atoms with Gasteiger partial charge in [0.25, 0.3) is 0 Å². The molecule has 1 heterocycles. The van der Waals surface area contributed by atoms with Crippen LogP contribution in [0.1, 0.15) is 56.9 Å². The molecule has 1 unspecified atom stereocenters. The van der Waals surface area contributed by atoms with E-state index in [0.717, 1.165) is 31.2 Å². The van der Waals surface area contributed by atoms with E-state index in [0.29, 0.717) is 17.0 Å². The van der Waals surface area contributed by atoms with Crippen molar-refractivity contribution in [2.75, 3.05) is 0 Å². The summed E-state index contributed by atoms with van der Waals surface area (Å²) >= 11 is 6.45. The number of amides is 1. The molecular formula is C19H24ClNO2. The van der Waals surface area contributed by atoms with Gasteiger partial charge in [-0.25, -0.2) is 0 Å². The third kappa shape index (κ3) is 3.78. The number of hydrogen-bond acceptors (Lipinski definition) is 2. The van der Waals surface area contributed by atoms with Crippen LogP contribution in [0.3, 0.4) is 0 Å². The highest BCUT2D eigenvalue weighted by molar-refractivity contribution is 6.51. The molecule has 23 heavy (non-hydrogen) atoms. The molecule has 1 atom stereocenters. The normalized spacial score (nSPS) is 24.5. The standard InChI is InChI=1S/C19H24ClNO2/c20-17(14-7-3-1-4-8-14)16(18(21)22)13-15-9-12-19(23-15)10-5-2-6-11-19/h1,3-4,7-8,15H,2,5-6,9-13H2,(H2,21,22)/b17-16+. The molecule has 1 aromatic rings. The first-order valence-electron chi connectivity index (χ1n) is 8.51. The molecule has 1 saturated carbocycles. The minimum absolute atomic E-state index is 0.0465. The van der Waals surface area contributed by atoms with Gasteiger partial charge in [0.2, 0.25) is 5.91 Å². The lowest BCUT2D eigenvalue weighted by Crippen LogP contribution is -2.32. The molecule has 1 aliphatic heterocycles. The zero-order valence-electron chi connectivity index (χ0n) is 13.4. The molecule has 0 bridgehead atoms. The highest BCUT2D eigenvalue weighted by atomic mass is 35.5. The summed E-state index contributed by atoms with van der Waals surface area (Å²) in [5.74, 6) is -0.452. The van der Waals surface area contributed by atoms with Gasteiger partial charge in [-0.1, -0.05) is 61.2 Å². The van der Waals surface area contributed by atoms with Gasteiger partial charge in [0.05, 0.1) is 16.7 Å². The molecule has 2 aliphatic rings. The first-order valence-corrected chi connectivity index (χ1v) is 8.89. The number of carbonyl (C=O) groups excluding carboxylic acids is 1. The van der Waals surface area contributed by atoms with E-state index in [1.807, 2.05) is 30.3 Å². The van der Waals surface area contributed by atoms with Gasteiger partial charge in [0, 0.05) is 12.0 Å². The van der Waals surface area contributed by atoms with Crippen LogP contribution in [-0.2, 0) is 9.53 Å². The molecule has 1 saturated heterocycles. The maximum absolute atomic E-state index is 11.9. The quantitative estimate of drug-likeness (QED) is 0.830. The van der Waals surface area contributed by atoms with E-state index in [4.69, 9.17) is 22.1 Å². The fourth-order valence-corrected chi connectivity index (χ4v) is 4.18. The van der Waals surface area contributed by atoms with Gasteiger partial charge in [0.15, 0.2) is 0 Å². The lowest BCUT2D eigenvalue weighted by Gasteiger charge is -2.33. The molecule has 2 fully saturated rings. The van der Waals surface area contributed by atoms with E-state index < -0.39 is 5.91 Å². The average Bonchev–Trinajstić information content (AvgIpc) is 2.95. The minimum atomic E-state index is -0.452. The fourth-order valence-electron chi connectivity index (χ4n) is 3.89. The van der Waals surface area contributed by atoms with Crippen molar-refractivity contribution >= 4 is 22.5 Å². The van der Waals surface area contributed by atoms with Crippen molar-refractivity contribution in [2.45, 2.75) is 63.1 Å². The largest absolute Gasteiger partial charge is 0.371 e.